The zero-order valence-corrected chi connectivity index (χ0v) is 77.5. The van der Waals surface area contributed by atoms with Crippen molar-refractivity contribution in [3.8, 4) is 0 Å². The van der Waals surface area contributed by atoms with Crippen LogP contribution >= 0.6 is 0 Å². The van der Waals surface area contributed by atoms with Crippen molar-refractivity contribution < 1.29 is 0 Å². The number of rotatable bonds is 22. The van der Waals surface area contributed by atoms with E-state index in [-0.39, 0.29) is 0 Å². The summed E-state index contributed by atoms with van der Waals surface area (Å²) in [5, 5.41) is 3.72. The quantitative estimate of drug-likeness (QED) is 0.122. The predicted molar refractivity (Wildman–Crippen MR) is 489 cm³/mol. The Hall–Kier alpha value is -2.16. The molecule has 15 heteroatoms. The number of hydrogen-bond donors (Lipinski definition) is 1. The molecule has 2 unspecified atom stereocenters. The molecule has 0 amide bonds. The van der Waals surface area contributed by atoms with Crippen molar-refractivity contribution in [3.05, 3.63) is 71.8 Å². The fourth-order valence-electron chi connectivity index (χ4n) is 20.5. The molecule has 0 radical (unpaired) electrons. The minimum absolute atomic E-state index is 0.699. The molecule has 2 atom stereocenters. The maximum atomic E-state index is 3.72. The highest BCUT2D eigenvalue weighted by atomic mass is 15.3. The smallest absolute Gasteiger partial charge is 0.0235 e. The van der Waals surface area contributed by atoms with Gasteiger partial charge in [-0.2, -0.15) is 0 Å². The fraction of sp³-hybridized carbons (Fsp3) is 0.878. The molecule has 0 bridgehead atoms. The standard InChI is InChI=1S/C17H28N2.C16H26N2.C15H31N3.C15H30N2.2C12H24N2.C11H22N2/c1-15(2)19-13-10-17(11-14-19)18(3)12-9-16-7-5-4-6-8-16;1-14(2)18-11-9-16(10-12-18)17(3)13-15-7-5-4-6-8-15;1-13(2)18-11-7-15(8-12-18)17(4)14-5-9-16(3)10-6-14;1-14(2)16-12-8-15(9-13-16)17-10-6-4-3-5-7-11-17;1-10(2)14-7-5-12(6-8-14)13-9-11-3-4-11;1-11(2)14-9-6-12(10-14)13-7-4-3-5-8-13;1-10(2)13-8-5-11(9-13)12-6-3-4-7-12/h4-8,15,17H,9-14H2,1-3H3;4-8,14,16H,9-13H2,1-3H3;13-15H,5-12H2,1-4H3;14-15H,3-13H2,1-2H3;10-13H,3-9H2,1-2H3;11-12H,3-10H2,1-2H3;10-11H,3-9H2,1-2H3. The summed E-state index contributed by atoms with van der Waals surface area (Å²) in [5.74, 6) is 1.03. The number of nitrogens with zero attached hydrogens (tertiary/aromatic N) is 14. The number of likely N-dealkylation sites (tertiary alicyclic amines) is 11. The number of hydrogen-bond acceptors (Lipinski definition) is 15. The Morgan fingerprint density at radius 1 is 0.310 bits per heavy atom. The van der Waals surface area contributed by atoms with Crippen LogP contribution in [0.5, 0.6) is 0 Å². The molecule has 14 rings (SSSR count). The van der Waals surface area contributed by atoms with Gasteiger partial charge in [-0.3, -0.25) is 24.5 Å². The van der Waals surface area contributed by atoms with E-state index in [1.165, 1.54) is 342 Å². The monoisotopic (exact) mass is 1570 g/mol. The highest BCUT2D eigenvalue weighted by Gasteiger charge is 2.35. The molecule has 2 aromatic rings. The van der Waals surface area contributed by atoms with E-state index >= 15 is 0 Å². The molecular weight excluding hydrogens is 1390 g/mol. The van der Waals surface area contributed by atoms with Crippen molar-refractivity contribution in [2.75, 3.05) is 185 Å². The lowest BCUT2D eigenvalue weighted by Gasteiger charge is -2.43. The molecule has 1 N–H and O–H groups in total. The first kappa shape index (κ1) is 96.3. The van der Waals surface area contributed by atoms with Crippen LogP contribution < -0.4 is 5.32 Å². The lowest BCUT2D eigenvalue weighted by atomic mass is 9.97. The second-order valence-electron chi connectivity index (χ2n) is 39.7. The molecule has 12 fully saturated rings. The second-order valence-corrected chi connectivity index (χ2v) is 39.7. The number of nitrogens with one attached hydrogen (secondary N) is 1. The van der Waals surface area contributed by atoms with Gasteiger partial charge in [-0.15, -0.1) is 0 Å². The third-order valence-electron chi connectivity index (χ3n) is 29.3. The Kier molecular flexibility index (Phi) is 45.1. The summed E-state index contributed by atoms with van der Waals surface area (Å²) in [6.07, 6.45) is 37.5. The van der Waals surface area contributed by atoms with Crippen LogP contribution in [0.15, 0.2) is 60.7 Å². The molecule has 0 aromatic heterocycles. The third kappa shape index (κ3) is 35.4. The molecule has 11 heterocycles. The molecular formula is C98H185N15. The van der Waals surface area contributed by atoms with Crippen LogP contribution in [0.3, 0.4) is 0 Å². The molecule has 11 aliphatic heterocycles. The Morgan fingerprint density at radius 3 is 0.991 bits per heavy atom. The van der Waals surface area contributed by atoms with Gasteiger partial charge in [0.15, 0.2) is 0 Å². The second kappa shape index (κ2) is 52.9. The summed E-state index contributed by atoms with van der Waals surface area (Å²) in [6.45, 7) is 64.7. The van der Waals surface area contributed by atoms with Crippen molar-refractivity contribution in [3.63, 3.8) is 0 Å². The van der Waals surface area contributed by atoms with Crippen molar-refractivity contribution >= 4 is 0 Å². The summed E-state index contributed by atoms with van der Waals surface area (Å²) in [5.41, 5.74) is 2.88. The van der Waals surface area contributed by atoms with E-state index in [9.17, 15) is 0 Å². The van der Waals surface area contributed by atoms with Gasteiger partial charge in [0.2, 0.25) is 0 Å². The molecule has 1 aliphatic carbocycles. The van der Waals surface area contributed by atoms with Crippen molar-refractivity contribution in [1.82, 2.24) is 73.9 Å². The van der Waals surface area contributed by atoms with E-state index in [4.69, 9.17) is 0 Å². The first-order valence-electron chi connectivity index (χ1n) is 48.5. The van der Waals surface area contributed by atoms with Crippen LogP contribution in [-0.4, -0.2) is 344 Å². The van der Waals surface area contributed by atoms with Gasteiger partial charge in [0.1, 0.15) is 0 Å². The van der Waals surface area contributed by atoms with E-state index in [1.54, 1.807) is 0 Å². The van der Waals surface area contributed by atoms with Crippen molar-refractivity contribution in [2.24, 2.45) is 5.92 Å². The molecule has 15 nitrogen and oxygen atoms in total. The van der Waals surface area contributed by atoms with E-state index in [2.05, 4.69) is 260 Å². The van der Waals surface area contributed by atoms with Gasteiger partial charge in [0.25, 0.3) is 0 Å². The van der Waals surface area contributed by atoms with Gasteiger partial charge in [0.05, 0.1) is 0 Å². The van der Waals surface area contributed by atoms with E-state index in [1.807, 2.05) is 0 Å². The molecule has 12 aliphatic rings. The predicted octanol–water partition coefficient (Wildman–Crippen LogP) is 16.4. The van der Waals surface area contributed by atoms with Gasteiger partial charge in [0, 0.05) is 130 Å². The maximum absolute atomic E-state index is 3.72. The number of benzene rings is 2. The summed E-state index contributed by atoms with van der Waals surface area (Å²) >= 11 is 0. The summed E-state index contributed by atoms with van der Waals surface area (Å²) in [7, 11) is 9.17. The van der Waals surface area contributed by atoms with Gasteiger partial charge < -0.3 is 49.4 Å². The Labute approximate surface area is 700 Å². The van der Waals surface area contributed by atoms with Crippen LogP contribution in [0.25, 0.3) is 0 Å². The van der Waals surface area contributed by atoms with Crippen LogP contribution in [0, 0.1) is 5.92 Å². The van der Waals surface area contributed by atoms with Gasteiger partial charge in [-0.25, -0.2) is 0 Å². The largest absolute Gasteiger partial charge is 0.314 e. The molecule has 113 heavy (non-hydrogen) atoms. The lowest BCUT2D eigenvalue weighted by Crippen LogP contribution is -2.51. The Balaban J connectivity index is 0.000000166. The summed E-state index contributed by atoms with van der Waals surface area (Å²) < 4.78 is 0. The van der Waals surface area contributed by atoms with E-state index in [0.717, 1.165) is 91.0 Å². The number of likely N-dealkylation sites (N-methyl/N-ethyl adjacent to an activating group) is 1. The minimum Gasteiger partial charge on any atom is -0.314 e. The Morgan fingerprint density at radius 2 is 0.611 bits per heavy atom. The SMILES string of the molecule is CC(C)N1CCC(N(C)C2CCN(C)CC2)CC1.CC(C)N1CCC(N(C)CCc2ccccc2)CC1.CC(C)N1CCC(N(C)Cc2ccccc2)CC1.CC(C)N1CCC(N2CCCC2)C1.CC(C)N1CCC(N2CCCCC2)C1.CC(C)N1CCC(N2CCCCCCC2)CC1.CC(C)N1CCC(NCC2CC2)CC1. The van der Waals surface area contributed by atoms with Crippen LogP contribution in [0.4, 0.5) is 0 Å². The molecule has 11 saturated heterocycles. The first-order valence-corrected chi connectivity index (χ1v) is 48.5. The highest BCUT2D eigenvalue weighted by molar-refractivity contribution is 5.16. The van der Waals surface area contributed by atoms with Gasteiger partial charge in [-0.1, -0.05) is 86.3 Å². The van der Waals surface area contributed by atoms with Crippen LogP contribution in [0.1, 0.15) is 275 Å². The van der Waals surface area contributed by atoms with Crippen molar-refractivity contribution in [2.45, 2.75) is 367 Å². The van der Waals surface area contributed by atoms with Gasteiger partial charge in [-0.05, 0) is 414 Å². The average Bonchev–Trinajstić information content (AvgIpc) is 1.81. The normalized spacial score (nSPS) is 25.1. The zero-order valence-electron chi connectivity index (χ0n) is 77.5. The van der Waals surface area contributed by atoms with E-state index < -0.39 is 0 Å². The van der Waals surface area contributed by atoms with Gasteiger partial charge >= 0.3 is 0 Å². The molecule has 2 aromatic carbocycles. The Bertz CT molecular complexity index is 2630. The zero-order chi connectivity index (χ0) is 81.0. The highest BCUT2D eigenvalue weighted by Crippen LogP contribution is 2.30. The summed E-state index contributed by atoms with van der Waals surface area (Å²) in [4.78, 5) is 36.8. The van der Waals surface area contributed by atoms with E-state index in [0.29, 0.717) is 12.1 Å². The average molecular weight is 1570 g/mol. The molecule has 652 valence electrons. The third-order valence-corrected chi connectivity index (χ3v) is 29.3. The minimum atomic E-state index is 0.699. The van der Waals surface area contributed by atoms with Crippen molar-refractivity contribution in [1.29, 1.82) is 0 Å². The first-order chi connectivity index (χ1) is 54.5. The molecule has 1 saturated carbocycles. The molecule has 0 spiro atoms. The summed E-state index contributed by atoms with van der Waals surface area (Å²) in [6, 6.07) is 33.3. The van der Waals surface area contributed by atoms with Crippen LogP contribution in [-0.2, 0) is 13.0 Å². The topological polar surface area (TPSA) is 57.4 Å². The number of piperidine rings is 7. The van der Waals surface area contributed by atoms with Crippen LogP contribution in [0.2, 0.25) is 0 Å². The fourth-order valence-corrected chi connectivity index (χ4v) is 20.5. The lowest BCUT2D eigenvalue weighted by molar-refractivity contribution is 0.0580. The maximum Gasteiger partial charge on any atom is 0.0235 e.